The Bertz CT molecular complexity index is 1410. The third kappa shape index (κ3) is 3.79. The quantitative estimate of drug-likeness (QED) is 0.322. The van der Waals surface area contributed by atoms with Crippen molar-refractivity contribution >= 4 is 27.5 Å². The number of fused-ring (bicyclic) bond motifs is 2. The van der Waals surface area contributed by atoms with Crippen LogP contribution >= 0.6 is 0 Å². The number of nitrogens with zero attached hydrogens (tertiary/aromatic N) is 1. The summed E-state index contributed by atoms with van der Waals surface area (Å²) in [4.78, 5) is 0. The molecule has 0 radical (unpaired) electrons. The van der Waals surface area contributed by atoms with Crippen molar-refractivity contribution in [2.24, 2.45) is 0 Å². The third-order valence-corrected chi connectivity index (χ3v) is 6.03. The predicted molar refractivity (Wildman–Crippen MR) is 132 cm³/mol. The van der Waals surface area contributed by atoms with Gasteiger partial charge in [0.25, 0.3) is 0 Å². The number of H-pyrrole nitrogens is 1. The summed E-state index contributed by atoms with van der Waals surface area (Å²) in [6, 6.07) is 27.7. The van der Waals surface area contributed by atoms with E-state index in [9.17, 15) is 0 Å². The number of nitrogen functional groups attached to an aromatic ring is 1. The number of aromatic amines is 1. The fourth-order valence-electron chi connectivity index (χ4n) is 4.20. The highest BCUT2D eigenvalue weighted by Gasteiger charge is 2.13. The lowest BCUT2D eigenvalue weighted by atomic mass is 9.93. The van der Waals surface area contributed by atoms with Crippen molar-refractivity contribution < 1.29 is 4.74 Å². The number of nitrogens with one attached hydrogen (secondary N) is 2. The Morgan fingerprint density at radius 1 is 0.969 bits per heavy atom. The summed E-state index contributed by atoms with van der Waals surface area (Å²) in [7, 11) is 1.69. The van der Waals surface area contributed by atoms with Gasteiger partial charge in [-0.3, -0.25) is 5.10 Å². The number of anilines is 1. The molecule has 1 heterocycles. The maximum Gasteiger partial charge on any atom is 0.153 e. The molecule has 0 aliphatic heterocycles. The summed E-state index contributed by atoms with van der Waals surface area (Å²) < 4.78 is 5.35. The smallest absolute Gasteiger partial charge is 0.153 e. The average Bonchev–Trinajstić information content (AvgIpc) is 3.22. The van der Waals surface area contributed by atoms with Crippen LogP contribution in [0.15, 0.2) is 78.9 Å². The van der Waals surface area contributed by atoms with E-state index in [2.05, 4.69) is 83.1 Å². The minimum atomic E-state index is 0.173. The van der Waals surface area contributed by atoms with Crippen LogP contribution in [0.5, 0.6) is 5.75 Å². The second-order valence-corrected chi connectivity index (χ2v) is 8.11. The van der Waals surface area contributed by atoms with Crippen LogP contribution in [-0.4, -0.2) is 17.3 Å². The average molecular weight is 423 g/mol. The van der Waals surface area contributed by atoms with Crippen LogP contribution in [0.3, 0.4) is 0 Å². The number of nitrogens with two attached hydrogens (primary N) is 1. The van der Waals surface area contributed by atoms with Gasteiger partial charge in [0, 0.05) is 18.0 Å². The van der Waals surface area contributed by atoms with Gasteiger partial charge in [-0.05, 0) is 76.3 Å². The molecule has 0 fully saturated rings. The molecule has 160 valence electrons. The van der Waals surface area contributed by atoms with Gasteiger partial charge in [0.1, 0.15) is 5.75 Å². The van der Waals surface area contributed by atoms with Crippen molar-refractivity contribution in [2.45, 2.75) is 19.5 Å². The molecule has 5 rings (SSSR count). The molecule has 0 saturated heterocycles. The Kier molecular flexibility index (Phi) is 5.25. The second-order valence-electron chi connectivity index (χ2n) is 8.11. The molecule has 4 aromatic carbocycles. The molecule has 0 aliphatic rings. The lowest BCUT2D eigenvalue weighted by molar-refractivity contribution is 0.414. The fourth-order valence-corrected chi connectivity index (χ4v) is 4.20. The summed E-state index contributed by atoms with van der Waals surface area (Å²) in [5.41, 5.74) is 11.8. The molecule has 1 aromatic heterocycles. The Morgan fingerprint density at radius 3 is 2.72 bits per heavy atom. The van der Waals surface area contributed by atoms with Crippen molar-refractivity contribution in [3.05, 3.63) is 90.0 Å². The van der Waals surface area contributed by atoms with Gasteiger partial charge in [0.05, 0.1) is 12.6 Å². The van der Waals surface area contributed by atoms with Gasteiger partial charge < -0.3 is 15.8 Å². The van der Waals surface area contributed by atoms with E-state index in [0.717, 1.165) is 28.8 Å². The van der Waals surface area contributed by atoms with E-state index in [-0.39, 0.29) is 6.04 Å². The van der Waals surface area contributed by atoms with Gasteiger partial charge in [-0.2, -0.15) is 5.10 Å². The first-order chi connectivity index (χ1) is 15.6. The molecule has 0 aliphatic carbocycles. The largest absolute Gasteiger partial charge is 0.497 e. The van der Waals surface area contributed by atoms with Gasteiger partial charge in [-0.15, -0.1) is 0 Å². The van der Waals surface area contributed by atoms with E-state index in [0.29, 0.717) is 5.82 Å². The van der Waals surface area contributed by atoms with Gasteiger partial charge >= 0.3 is 0 Å². The molecule has 1 unspecified atom stereocenters. The zero-order valence-corrected chi connectivity index (χ0v) is 18.2. The van der Waals surface area contributed by atoms with E-state index in [4.69, 9.17) is 10.5 Å². The van der Waals surface area contributed by atoms with Crippen molar-refractivity contribution in [1.29, 1.82) is 0 Å². The van der Waals surface area contributed by atoms with Crippen LogP contribution in [0.25, 0.3) is 32.8 Å². The molecule has 5 nitrogen and oxygen atoms in total. The Hall–Kier alpha value is -3.83. The van der Waals surface area contributed by atoms with Crippen molar-refractivity contribution in [3.63, 3.8) is 0 Å². The number of rotatable bonds is 6. The Labute approximate surface area is 187 Å². The van der Waals surface area contributed by atoms with E-state index in [1.165, 1.54) is 27.5 Å². The Morgan fingerprint density at radius 2 is 1.84 bits per heavy atom. The van der Waals surface area contributed by atoms with Crippen molar-refractivity contribution in [2.75, 3.05) is 12.8 Å². The molecule has 32 heavy (non-hydrogen) atoms. The highest BCUT2D eigenvalue weighted by molar-refractivity contribution is 6.00. The highest BCUT2D eigenvalue weighted by atomic mass is 16.5. The first kappa shape index (κ1) is 20.1. The normalized spacial score (nSPS) is 12.3. The number of aromatic nitrogens is 2. The van der Waals surface area contributed by atoms with Crippen molar-refractivity contribution in [3.8, 4) is 16.9 Å². The molecule has 0 spiro atoms. The van der Waals surface area contributed by atoms with E-state index < -0.39 is 0 Å². The summed E-state index contributed by atoms with van der Waals surface area (Å²) in [5.74, 6) is 1.40. The maximum absolute atomic E-state index is 6.07. The van der Waals surface area contributed by atoms with Crippen LogP contribution < -0.4 is 15.8 Å². The van der Waals surface area contributed by atoms with Crippen LogP contribution in [0, 0.1) is 0 Å². The lowest BCUT2D eigenvalue weighted by Gasteiger charge is -2.18. The summed E-state index contributed by atoms with van der Waals surface area (Å²) in [5, 5.41) is 14.2. The van der Waals surface area contributed by atoms with Crippen LogP contribution in [0.2, 0.25) is 0 Å². The predicted octanol–water partition coefficient (Wildman–Crippen LogP) is 5.82. The highest BCUT2D eigenvalue weighted by Crippen LogP contribution is 2.34. The standard InChI is InChI=1S/C27H26N4O/c1-17(29-16-18-6-5-8-22(12-18)32-2)21-13-19-7-3-4-9-23(19)24(15-21)20-10-11-26-25(14-20)27(28)31-30-26/h3-15,17,29H,16H2,1-2H3,(H3,28,30,31). The molecule has 5 heteroatoms. The van der Waals surface area contributed by atoms with Crippen LogP contribution in [0.4, 0.5) is 5.82 Å². The fraction of sp³-hybridized carbons (Fsp3) is 0.148. The first-order valence-corrected chi connectivity index (χ1v) is 10.8. The van der Waals surface area contributed by atoms with Crippen molar-refractivity contribution in [1.82, 2.24) is 15.5 Å². The maximum atomic E-state index is 6.07. The Balaban J connectivity index is 1.51. The molecule has 0 saturated carbocycles. The van der Waals surface area contributed by atoms with Gasteiger partial charge in [-0.1, -0.05) is 42.5 Å². The molecule has 5 aromatic rings. The van der Waals surface area contributed by atoms with E-state index in [1.54, 1.807) is 7.11 Å². The monoisotopic (exact) mass is 422 g/mol. The second kappa shape index (κ2) is 8.36. The molecule has 0 bridgehead atoms. The number of benzene rings is 4. The lowest BCUT2D eigenvalue weighted by Crippen LogP contribution is -2.18. The topological polar surface area (TPSA) is 76.0 Å². The molecular weight excluding hydrogens is 396 g/mol. The van der Waals surface area contributed by atoms with Gasteiger partial charge in [-0.25, -0.2) is 0 Å². The molecule has 1 atom stereocenters. The van der Waals surface area contributed by atoms with E-state index >= 15 is 0 Å². The van der Waals surface area contributed by atoms with Gasteiger partial charge in [0.15, 0.2) is 5.82 Å². The minimum absolute atomic E-state index is 0.173. The van der Waals surface area contributed by atoms with Crippen LogP contribution in [-0.2, 0) is 6.54 Å². The number of hydrogen-bond acceptors (Lipinski definition) is 4. The number of ether oxygens (including phenoxy) is 1. The first-order valence-electron chi connectivity index (χ1n) is 10.8. The van der Waals surface area contributed by atoms with Gasteiger partial charge in [0.2, 0.25) is 0 Å². The SMILES string of the molecule is COc1cccc(CNC(C)c2cc(-c3ccc4[nH]nc(N)c4c3)c3ccccc3c2)c1. The van der Waals surface area contributed by atoms with E-state index in [1.807, 2.05) is 18.2 Å². The zero-order chi connectivity index (χ0) is 22.1. The number of hydrogen-bond donors (Lipinski definition) is 3. The minimum Gasteiger partial charge on any atom is -0.497 e. The summed E-state index contributed by atoms with van der Waals surface area (Å²) in [6.45, 7) is 2.96. The van der Waals surface area contributed by atoms with Crippen LogP contribution in [0.1, 0.15) is 24.1 Å². The third-order valence-electron chi connectivity index (χ3n) is 6.03. The number of methoxy groups -OCH3 is 1. The molecule has 4 N–H and O–H groups in total. The molecule has 0 amide bonds. The molecular formula is C27H26N4O. The summed E-state index contributed by atoms with van der Waals surface area (Å²) in [6.07, 6.45) is 0. The summed E-state index contributed by atoms with van der Waals surface area (Å²) >= 11 is 0. The zero-order valence-electron chi connectivity index (χ0n) is 18.2.